The molecule has 2 atom stereocenters. The van der Waals surface area contributed by atoms with Gasteiger partial charge < -0.3 is 25.2 Å². The Bertz CT molecular complexity index is 1470. The van der Waals surface area contributed by atoms with Crippen LogP contribution in [0.25, 0.3) is 10.9 Å². The van der Waals surface area contributed by atoms with E-state index in [4.69, 9.17) is 0 Å². The van der Waals surface area contributed by atoms with E-state index in [2.05, 4.69) is 17.1 Å². The van der Waals surface area contributed by atoms with E-state index < -0.39 is 12.1 Å². The number of para-hydroxylation sites is 1. The Morgan fingerprint density at radius 2 is 1.78 bits per heavy atom. The number of nitrogens with zero attached hydrogens (tertiary/aromatic N) is 3. The van der Waals surface area contributed by atoms with Crippen molar-refractivity contribution < 1.29 is 14.8 Å². The van der Waals surface area contributed by atoms with Crippen LogP contribution in [0, 0.1) is 5.21 Å². The van der Waals surface area contributed by atoms with Gasteiger partial charge in [-0.05, 0) is 47.7 Å². The second-order valence-electron chi connectivity index (χ2n) is 9.70. The first kappa shape index (κ1) is 23.3. The average molecular weight is 496 g/mol. The number of H-pyrrole nitrogens is 1. The Hall–Kier alpha value is -4.14. The maximum atomic E-state index is 13.8. The van der Waals surface area contributed by atoms with E-state index >= 15 is 0 Å². The average Bonchev–Trinajstić information content (AvgIpc) is 3.29. The lowest BCUT2D eigenvalue weighted by Gasteiger charge is -2.47. The molecule has 0 bridgehead atoms. The van der Waals surface area contributed by atoms with Crippen molar-refractivity contribution in [2.24, 2.45) is 0 Å². The first-order valence-corrected chi connectivity index (χ1v) is 12.5. The molecule has 37 heavy (non-hydrogen) atoms. The van der Waals surface area contributed by atoms with Gasteiger partial charge in [-0.3, -0.25) is 14.8 Å². The lowest BCUT2D eigenvalue weighted by atomic mass is 9.86. The van der Waals surface area contributed by atoms with E-state index in [0.717, 1.165) is 35.0 Å². The van der Waals surface area contributed by atoms with E-state index in [0.29, 0.717) is 18.5 Å². The highest BCUT2D eigenvalue weighted by molar-refractivity contribution is 5.97. The van der Waals surface area contributed by atoms with Crippen molar-refractivity contribution in [3.8, 4) is 0 Å². The van der Waals surface area contributed by atoms with Crippen LogP contribution in [0.5, 0.6) is 0 Å². The number of nitrogens with one attached hydrogen (secondary N) is 1. The van der Waals surface area contributed by atoms with E-state index in [1.807, 2.05) is 48.5 Å². The number of anilines is 1. The molecule has 1 saturated heterocycles. The Morgan fingerprint density at radius 3 is 2.59 bits per heavy atom. The van der Waals surface area contributed by atoms with Gasteiger partial charge in [0.25, 0.3) is 0 Å². The predicted molar refractivity (Wildman–Crippen MR) is 140 cm³/mol. The minimum Gasteiger partial charge on any atom is -0.733 e. The molecule has 2 unspecified atom stereocenters. The number of aromatic nitrogens is 1. The highest BCUT2D eigenvalue weighted by atomic mass is 16.8. The van der Waals surface area contributed by atoms with Gasteiger partial charge >= 0.3 is 0 Å². The number of benzene rings is 3. The molecule has 2 aliphatic rings. The molecule has 188 valence electrons. The van der Waals surface area contributed by atoms with Crippen molar-refractivity contribution in [1.29, 1.82) is 0 Å². The summed E-state index contributed by atoms with van der Waals surface area (Å²) in [4.78, 5) is 34.3. The van der Waals surface area contributed by atoms with E-state index in [1.54, 1.807) is 21.9 Å². The van der Waals surface area contributed by atoms with Crippen molar-refractivity contribution in [2.75, 3.05) is 18.3 Å². The Kier molecular flexibility index (Phi) is 5.90. The van der Waals surface area contributed by atoms with Crippen LogP contribution in [0.1, 0.15) is 34.8 Å². The molecule has 2 aliphatic heterocycles. The fourth-order valence-electron chi connectivity index (χ4n) is 5.79. The van der Waals surface area contributed by atoms with Crippen molar-refractivity contribution >= 4 is 28.4 Å². The number of amides is 2. The Morgan fingerprint density at radius 1 is 1.00 bits per heavy atom. The second kappa shape index (κ2) is 9.38. The van der Waals surface area contributed by atoms with Crippen molar-refractivity contribution in [1.82, 2.24) is 14.8 Å². The summed E-state index contributed by atoms with van der Waals surface area (Å²) >= 11 is 0. The summed E-state index contributed by atoms with van der Waals surface area (Å²) in [6.07, 6.45) is 2.03. The molecule has 1 fully saturated rings. The Balaban J connectivity index is 1.36. The summed E-state index contributed by atoms with van der Waals surface area (Å²) in [6.45, 7) is 0.532. The SMILES string of the molecule is O=C1C2Cc3c([nH]c4ccccc34)C(c3cccc(N([O-])O)c3)N2C(=O)CN1CCCc1ccccc1. The molecule has 6 rings (SSSR count). The Labute approximate surface area is 214 Å². The zero-order chi connectivity index (χ0) is 25.5. The van der Waals surface area contributed by atoms with Crippen LogP contribution in [0.4, 0.5) is 5.69 Å². The number of fused-ring (bicyclic) bond motifs is 4. The van der Waals surface area contributed by atoms with Crippen LogP contribution in [0.15, 0.2) is 78.9 Å². The molecule has 2 amide bonds. The third-order valence-electron chi connectivity index (χ3n) is 7.49. The molecule has 8 heteroatoms. The quantitative estimate of drug-likeness (QED) is 0.391. The predicted octanol–water partition coefficient (Wildman–Crippen LogP) is 4.18. The van der Waals surface area contributed by atoms with Crippen LogP contribution in [-0.4, -0.2) is 50.9 Å². The molecule has 0 radical (unpaired) electrons. The van der Waals surface area contributed by atoms with Gasteiger partial charge in [0.1, 0.15) is 6.04 Å². The van der Waals surface area contributed by atoms with Crippen molar-refractivity contribution in [3.63, 3.8) is 0 Å². The largest absolute Gasteiger partial charge is 0.733 e. The zero-order valence-corrected chi connectivity index (χ0v) is 20.2. The van der Waals surface area contributed by atoms with Gasteiger partial charge in [-0.1, -0.05) is 60.7 Å². The first-order chi connectivity index (χ1) is 18.0. The highest BCUT2D eigenvalue weighted by Crippen LogP contribution is 2.43. The minimum atomic E-state index is -0.643. The maximum Gasteiger partial charge on any atom is 0.246 e. The molecule has 3 heterocycles. The number of aromatic amines is 1. The summed E-state index contributed by atoms with van der Waals surface area (Å²) < 4.78 is 0. The highest BCUT2D eigenvalue weighted by Gasteiger charge is 2.48. The lowest BCUT2D eigenvalue weighted by Crippen LogP contribution is -2.63. The zero-order valence-electron chi connectivity index (χ0n) is 20.2. The number of piperazine rings is 1. The molecular formula is C29H27N4O4-. The van der Waals surface area contributed by atoms with Crippen molar-refractivity contribution in [3.05, 3.63) is 106 Å². The number of aryl methyl sites for hydroxylation is 1. The van der Waals surface area contributed by atoms with Gasteiger partial charge in [0.15, 0.2) is 0 Å². The molecule has 4 aromatic rings. The lowest BCUT2D eigenvalue weighted by molar-refractivity contribution is -0.158. The summed E-state index contributed by atoms with van der Waals surface area (Å²) in [5.74, 6) is -0.190. The van der Waals surface area contributed by atoms with Gasteiger partial charge in [0, 0.05) is 29.6 Å². The molecule has 0 saturated carbocycles. The summed E-state index contributed by atoms with van der Waals surface area (Å²) in [5, 5.41) is 22.0. The van der Waals surface area contributed by atoms with E-state index in [-0.39, 0.29) is 29.3 Å². The molecule has 0 aliphatic carbocycles. The van der Waals surface area contributed by atoms with Crippen molar-refractivity contribution in [2.45, 2.75) is 31.3 Å². The summed E-state index contributed by atoms with van der Waals surface area (Å²) in [6, 6.07) is 23.4. The number of hydrogen-bond donors (Lipinski definition) is 2. The van der Waals surface area contributed by atoms with Crippen LogP contribution < -0.4 is 5.23 Å². The van der Waals surface area contributed by atoms with Crippen LogP contribution in [0.2, 0.25) is 0 Å². The third kappa shape index (κ3) is 4.14. The minimum absolute atomic E-state index is 0.0174. The molecule has 8 nitrogen and oxygen atoms in total. The van der Waals surface area contributed by atoms with Gasteiger partial charge in [0.2, 0.25) is 11.8 Å². The molecule has 1 aromatic heterocycles. The van der Waals surface area contributed by atoms with Gasteiger partial charge in [-0.2, -0.15) is 0 Å². The topological polar surface area (TPSA) is 103 Å². The number of hydrogen-bond acceptors (Lipinski definition) is 5. The standard InChI is InChI=1S/C29H27N4O4/c34-26-18-31(15-7-10-19-8-2-1-3-9-19)29(35)25-17-23-22-13-4-5-14-24(22)30-27(23)28(32(25)26)20-11-6-12-21(16-20)33(36)37/h1-6,8-9,11-14,16,25,28,30,36H,7,10,15,17-18H2/q-1. The molecule has 3 aromatic carbocycles. The smallest absolute Gasteiger partial charge is 0.246 e. The van der Waals surface area contributed by atoms with Crippen LogP contribution >= 0.6 is 0 Å². The monoisotopic (exact) mass is 495 g/mol. The summed E-state index contributed by atoms with van der Waals surface area (Å²) in [7, 11) is 0. The molecule has 2 N–H and O–H groups in total. The van der Waals surface area contributed by atoms with Gasteiger partial charge in [-0.25, -0.2) is 0 Å². The van der Waals surface area contributed by atoms with E-state index in [9.17, 15) is 20.0 Å². The molecular weight excluding hydrogens is 468 g/mol. The molecule has 0 spiro atoms. The summed E-state index contributed by atoms with van der Waals surface area (Å²) in [5.41, 5.74) is 4.70. The fourth-order valence-corrected chi connectivity index (χ4v) is 5.79. The van der Waals surface area contributed by atoms with Gasteiger partial charge in [0.05, 0.1) is 18.3 Å². The first-order valence-electron chi connectivity index (χ1n) is 12.5. The van der Waals surface area contributed by atoms with Crippen LogP contribution in [-0.2, 0) is 22.4 Å². The van der Waals surface area contributed by atoms with Crippen LogP contribution in [0.3, 0.4) is 0 Å². The van der Waals surface area contributed by atoms with E-state index in [1.165, 1.54) is 11.6 Å². The second-order valence-corrected chi connectivity index (χ2v) is 9.70. The number of carbonyl (C=O) groups is 2. The number of rotatable bonds is 6. The maximum absolute atomic E-state index is 13.8. The number of carbonyl (C=O) groups excluding carboxylic acids is 2. The fraction of sp³-hybridized carbons (Fsp3) is 0.241. The third-order valence-corrected chi connectivity index (χ3v) is 7.49. The van der Waals surface area contributed by atoms with Gasteiger partial charge in [-0.15, -0.1) is 0 Å². The normalized spacial score (nSPS) is 19.2.